The third-order valence-electron chi connectivity index (χ3n) is 4.30. The van der Waals surface area contributed by atoms with E-state index in [9.17, 15) is 0 Å². The van der Waals surface area contributed by atoms with Gasteiger partial charge < -0.3 is 10.6 Å². The Hall–Kier alpha value is -1.02. The van der Waals surface area contributed by atoms with Gasteiger partial charge in [0.2, 0.25) is 0 Å². The highest BCUT2D eigenvalue weighted by atomic mass is 15.1. The molecule has 1 saturated heterocycles. The number of hydrogen-bond acceptors (Lipinski definition) is 2. The molecule has 0 saturated carbocycles. The van der Waals surface area contributed by atoms with Gasteiger partial charge in [-0.05, 0) is 70.2 Å². The molecule has 2 N–H and O–H groups in total. The number of benzene rings is 1. The topological polar surface area (TPSA) is 24.1 Å². The fourth-order valence-corrected chi connectivity index (χ4v) is 2.90. The molecule has 0 radical (unpaired) electrons. The lowest BCUT2D eigenvalue weighted by atomic mass is 9.97. The molecule has 2 rings (SSSR count). The van der Waals surface area contributed by atoms with Gasteiger partial charge in [0.15, 0.2) is 0 Å². The third kappa shape index (κ3) is 2.54. The molecule has 1 aromatic carbocycles. The summed E-state index contributed by atoms with van der Waals surface area (Å²) in [6.07, 6.45) is 1.18. The molecule has 1 unspecified atom stereocenters. The van der Waals surface area contributed by atoms with Crippen LogP contribution in [0.2, 0.25) is 0 Å². The van der Waals surface area contributed by atoms with E-state index in [1.807, 2.05) is 0 Å². The molecule has 2 nitrogen and oxygen atoms in total. The standard InChI is InChI=1S/C16H26N2/c1-10-7-11(2)13(4)15(12(10)3)18-14-8-16(5,6)17-9-14/h7,14,17-18H,8-9H2,1-6H3. The quantitative estimate of drug-likeness (QED) is 0.835. The van der Waals surface area contributed by atoms with E-state index < -0.39 is 0 Å². The van der Waals surface area contributed by atoms with Crippen molar-refractivity contribution < 1.29 is 0 Å². The van der Waals surface area contributed by atoms with Crippen molar-refractivity contribution in [2.24, 2.45) is 0 Å². The minimum Gasteiger partial charge on any atom is -0.381 e. The molecule has 1 aliphatic rings. The molecule has 0 amide bonds. The van der Waals surface area contributed by atoms with Crippen LogP contribution in [-0.4, -0.2) is 18.1 Å². The van der Waals surface area contributed by atoms with Crippen molar-refractivity contribution in [2.75, 3.05) is 11.9 Å². The van der Waals surface area contributed by atoms with Crippen molar-refractivity contribution in [2.45, 2.75) is 59.5 Å². The fraction of sp³-hybridized carbons (Fsp3) is 0.625. The van der Waals surface area contributed by atoms with Crippen LogP contribution in [0.15, 0.2) is 6.07 Å². The summed E-state index contributed by atoms with van der Waals surface area (Å²) in [5.41, 5.74) is 7.15. The maximum absolute atomic E-state index is 3.75. The highest BCUT2D eigenvalue weighted by Gasteiger charge is 2.30. The lowest BCUT2D eigenvalue weighted by Crippen LogP contribution is -2.31. The molecule has 1 atom stereocenters. The lowest BCUT2D eigenvalue weighted by molar-refractivity contribution is 0.457. The fourth-order valence-electron chi connectivity index (χ4n) is 2.90. The molecule has 1 fully saturated rings. The Morgan fingerprint density at radius 2 is 1.67 bits per heavy atom. The first kappa shape index (κ1) is 13.4. The van der Waals surface area contributed by atoms with Gasteiger partial charge in [-0.1, -0.05) is 6.07 Å². The molecule has 0 aliphatic carbocycles. The zero-order valence-electron chi connectivity index (χ0n) is 12.6. The first-order valence-electron chi connectivity index (χ1n) is 6.89. The molecule has 1 aliphatic heterocycles. The average molecular weight is 246 g/mol. The van der Waals surface area contributed by atoms with Crippen LogP contribution in [-0.2, 0) is 0 Å². The van der Waals surface area contributed by atoms with E-state index >= 15 is 0 Å². The molecule has 1 aromatic rings. The number of hydrogen-bond donors (Lipinski definition) is 2. The number of aryl methyl sites for hydroxylation is 2. The lowest BCUT2D eigenvalue weighted by Gasteiger charge is -2.22. The summed E-state index contributed by atoms with van der Waals surface area (Å²) in [5, 5.41) is 7.32. The first-order chi connectivity index (χ1) is 8.30. The minimum atomic E-state index is 0.262. The van der Waals surface area contributed by atoms with E-state index in [1.165, 1.54) is 34.4 Å². The zero-order chi connectivity index (χ0) is 13.5. The van der Waals surface area contributed by atoms with Gasteiger partial charge in [0.1, 0.15) is 0 Å². The van der Waals surface area contributed by atoms with Crippen LogP contribution >= 0.6 is 0 Å². The molecule has 0 aromatic heterocycles. The summed E-state index contributed by atoms with van der Waals surface area (Å²) >= 11 is 0. The molecule has 100 valence electrons. The largest absolute Gasteiger partial charge is 0.381 e. The van der Waals surface area contributed by atoms with E-state index in [-0.39, 0.29) is 5.54 Å². The van der Waals surface area contributed by atoms with Gasteiger partial charge in [-0.15, -0.1) is 0 Å². The predicted molar refractivity (Wildman–Crippen MR) is 79.5 cm³/mol. The Morgan fingerprint density at radius 1 is 1.11 bits per heavy atom. The molecule has 0 bridgehead atoms. The van der Waals surface area contributed by atoms with Gasteiger partial charge in [-0.25, -0.2) is 0 Å². The van der Waals surface area contributed by atoms with E-state index in [1.54, 1.807) is 0 Å². The van der Waals surface area contributed by atoms with Gasteiger partial charge in [0.25, 0.3) is 0 Å². The molecule has 18 heavy (non-hydrogen) atoms. The summed E-state index contributed by atoms with van der Waals surface area (Å²) in [5.74, 6) is 0. The van der Waals surface area contributed by atoms with Crippen LogP contribution in [0.1, 0.15) is 42.5 Å². The van der Waals surface area contributed by atoms with E-state index in [0.717, 1.165) is 6.54 Å². The van der Waals surface area contributed by atoms with Crippen LogP contribution in [0.4, 0.5) is 5.69 Å². The minimum absolute atomic E-state index is 0.262. The summed E-state index contributed by atoms with van der Waals surface area (Å²) in [4.78, 5) is 0. The van der Waals surface area contributed by atoms with Crippen molar-refractivity contribution in [3.8, 4) is 0 Å². The van der Waals surface area contributed by atoms with Crippen LogP contribution in [0.25, 0.3) is 0 Å². The van der Waals surface area contributed by atoms with Gasteiger partial charge in [0.05, 0.1) is 0 Å². The second-order valence-electron chi connectivity index (χ2n) is 6.45. The van der Waals surface area contributed by atoms with Crippen LogP contribution in [0, 0.1) is 27.7 Å². The zero-order valence-corrected chi connectivity index (χ0v) is 12.6. The Bertz CT molecular complexity index is 434. The SMILES string of the molecule is Cc1cc(C)c(C)c(NC2CNC(C)(C)C2)c1C. The normalized spacial score (nSPS) is 22.2. The van der Waals surface area contributed by atoms with Crippen molar-refractivity contribution in [1.29, 1.82) is 0 Å². The summed E-state index contributed by atoms with van der Waals surface area (Å²) < 4.78 is 0. The van der Waals surface area contributed by atoms with Gasteiger partial charge in [-0.2, -0.15) is 0 Å². The number of rotatable bonds is 2. The molecule has 1 heterocycles. The van der Waals surface area contributed by atoms with Crippen molar-refractivity contribution >= 4 is 5.69 Å². The van der Waals surface area contributed by atoms with E-state index in [4.69, 9.17) is 0 Å². The maximum atomic E-state index is 3.75. The Balaban J connectivity index is 2.25. The van der Waals surface area contributed by atoms with Crippen molar-refractivity contribution in [3.05, 3.63) is 28.3 Å². The summed E-state index contributed by atoms with van der Waals surface area (Å²) in [6.45, 7) is 14.4. The van der Waals surface area contributed by atoms with Crippen LogP contribution < -0.4 is 10.6 Å². The van der Waals surface area contributed by atoms with Crippen LogP contribution in [0.3, 0.4) is 0 Å². The van der Waals surface area contributed by atoms with Crippen LogP contribution in [0.5, 0.6) is 0 Å². The predicted octanol–water partition coefficient (Wildman–Crippen LogP) is 3.47. The van der Waals surface area contributed by atoms with Gasteiger partial charge in [-0.3, -0.25) is 0 Å². The molecular weight excluding hydrogens is 220 g/mol. The smallest absolute Gasteiger partial charge is 0.0407 e. The van der Waals surface area contributed by atoms with Crippen molar-refractivity contribution in [1.82, 2.24) is 5.32 Å². The summed E-state index contributed by atoms with van der Waals surface area (Å²) in [6, 6.07) is 2.82. The molecule has 2 heteroatoms. The monoisotopic (exact) mass is 246 g/mol. The third-order valence-corrected chi connectivity index (χ3v) is 4.30. The Kier molecular flexibility index (Phi) is 3.41. The average Bonchev–Trinajstić information content (AvgIpc) is 2.62. The van der Waals surface area contributed by atoms with E-state index in [0.29, 0.717) is 6.04 Å². The highest BCUT2D eigenvalue weighted by molar-refractivity contribution is 5.62. The highest BCUT2D eigenvalue weighted by Crippen LogP contribution is 2.29. The van der Waals surface area contributed by atoms with Gasteiger partial charge >= 0.3 is 0 Å². The molecular formula is C16H26N2. The van der Waals surface area contributed by atoms with Crippen molar-refractivity contribution in [3.63, 3.8) is 0 Å². The number of nitrogens with one attached hydrogen (secondary N) is 2. The molecule has 0 spiro atoms. The second kappa shape index (κ2) is 4.58. The Labute approximate surface area is 111 Å². The first-order valence-corrected chi connectivity index (χ1v) is 6.89. The van der Waals surface area contributed by atoms with Gasteiger partial charge in [0, 0.05) is 23.8 Å². The maximum Gasteiger partial charge on any atom is 0.0407 e. The Morgan fingerprint density at radius 3 is 2.11 bits per heavy atom. The second-order valence-corrected chi connectivity index (χ2v) is 6.45. The van der Waals surface area contributed by atoms with E-state index in [2.05, 4.69) is 58.2 Å². The summed E-state index contributed by atoms with van der Waals surface area (Å²) in [7, 11) is 0. The number of anilines is 1.